The summed E-state index contributed by atoms with van der Waals surface area (Å²) in [5, 5.41) is 8.84. The summed E-state index contributed by atoms with van der Waals surface area (Å²) < 4.78 is 42.2. The maximum absolute atomic E-state index is 12.4. The molecule has 0 saturated heterocycles. The third-order valence-electron chi connectivity index (χ3n) is 2.11. The molecule has 1 aromatic carbocycles. The predicted octanol–water partition coefficient (Wildman–Crippen LogP) is 4.04. The summed E-state index contributed by atoms with van der Waals surface area (Å²) in [6, 6.07) is 4.26. The smallest absolute Gasteiger partial charge is 0.446 e. The molecule has 0 aromatic heterocycles. The molecule has 0 heterocycles. The Balaban J connectivity index is 3.15. The Morgan fingerprint density at radius 1 is 1.50 bits per heavy atom. The van der Waals surface area contributed by atoms with Crippen LogP contribution < -0.4 is 0 Å². The van der Waals surface area contributed by atoms with Crippen molar-refractivity contribution in [3.63, 3.8) is 0 Å². The summed E-state index contributed by atoms with van der Waals surface area (Å²) in [5.74, 6) is -0.564. The van der Waals surface area contributed by atoms with Crippen molar-refractivity contribution in [1.82, 2.24) is 0 Å². The van der Waals surface area contributed by atoms with Crippen molar-refractivity contribution in [2.24, 2.45) is 0 Å². The van der Waals surface area contributed by atoms with Crippen LogP contribution in [0.5, 0.6) is 0 Å². The van der Waals surface area contributed by atoms with Crippen LogP contribution in [0.1, 0.15) is 18.1 Å². The monoisotopic (exact) mass is 367 g/mol. The molecule has 0 N–H and O–H groups in total. The van der Waals surface area contributed by atoms with Crippen molar-refractivity contribution in [3.05, 3.63) is 27.7 Å². The lowest BCUT2D eigenvalue weighted by Gasteiger charge is -2.12. The summed E-state index contributed by atoms with van der Waals surface area (Å²) in [6.45, 7) is 1.81. The lowest BCUT2D eigenvalue weighted by molar-refractivity contribution is -0.142. The van der Waals surface area contributed by atoms with Gasteiger partial charge in [-0.1, -0.05) is 0 Å². The van der Waals surface area contributed by atoms with E-state index in [2.05, 4.69) is 15.9 Å². The molecule has 0 amide bonds. The fourth-order valence-corrected chi connectivity index (χ4v) is 2.68. The first kappa shape index (κ1) is 16.9. The Hall–Kier alpha value is -1.20. The zero-order chi connectivity index (χ0) is 15.3. The molecule has 0 unspecified atom stereocenters. The highest BCUT2D eigenvalue weighted by Gasteiger charge is 2.31. The van der Waals surface area contributed by atoms with Gasteiger partial charge in [0.2, 0.25) is 0 Å². The van der Waals surface area contributed by atoms with E-state index in [0.717, 1.165) is 6.07 Å². The van der Waals surface area contributed by atoms with E-state index >= 15 is 0 Å². The second kappa shape index (κ2) is 6.99. The van der Waals surface area contributed by atoms with Crippen molar-refractivity contribution in [2.45, 2.75) is 23.7 Å². The summed E-state index contributed by atoms with van der Waals surface area (Å²) in [6.07, 6.45) is -0.199. The highest BCUT2D eigenvalue weighted by molar-refractivity contribution is 9.10. The van der Waals surface area contributed by atoms with Crippen LogP contribution in [0.4, 0.5) is 13.2 Å². The van der Waals surface area contributed by atoms with Crippen molar-refractivity contribution in [3.8, 4) is 6.07 Å². The minimum atomic E-state index is -4.47. The zero-order valence-corrected chi connectivity index (χ0v) is 12.7. The van der Waals surface area contributed by atoms with Crippen molar-refractivity contribution < 1.29 is 22.7 Å². The van der Waals surface area contributed by atoms with Crippen molar-refractivity contribution >= 4 is 33.7 Å². The molecular formula is C12H9BrF3NO2S. The molecule has 1 rings (SSSR count). The van der Waals surface area contributed by atoms with Gasteiger partial charge < -0.3 is 4.74 Å². The highest BCUT2D eigenvalue weighted by atomic mass is 79.9. The Morgan fingerprint density at radius 2 is 2.15 bits per heavy atom. The van der Waals surface area contributed by atoms with Crippen LogP contribution in [0, 0.1) is 11.3 Å². The molecule has 0 radical (unpaired) electrons. The maximum Gasteiger partial charge on any atom is 0.446 e. The molecule has 0 bridgehead atoms. The number of nitrogens with zero attached hydrogens (tertiary/aromatic N) is 1. The van der Waals surface area contributed by atoms with Gasteiger partial charge in [-0.15, -0.1) is 0 Å². The molecule has 0 aliphatic heterocycles. The fraction of sp³-hybridized carbons (Fsp3) is 0.333. The molecule has 1 aromatic rings. The van der Waals surface area contributed by atoms with E-state index < -0.39 is 11.5 Å². The van der Waals surface area contributed by atoms with E-state index in [-0.39, 0.29) is 45.3 Å². The van der Waals surface area contributed by atoms with E-state index in [0.29, 0.717) is 0 Å². The van der Waals surface area contributed by atoms with Gasteiger partial charge in [0.15, 0.2) is 0 Å². The number of ether oxygens (including phenoxy) is 1. The summed E-state index contributed by atoms with van der Waals surface area (Å²) in [7, 11) is 0. The maximum atomic E-state index is 12.4. The van der Waals surface area contributed by atoms with Crippen LogP contribution >= 0.6 is 27.7 Å². The molecule has 3 nitrogen and oxygen atoms in total. The number of carbonyl (C=O) groups is 1. The van der Waals surface area contributed by atoms with E-state index in [4.69, 9.17) is 10.00 Å². The molecule has 20 heavy (non-hydrogen) atoms. The average molecular weight is 368 g/mol. The van der Waals surface area contributed by atoms with Crippen LogP contribution in [0.3, 0.4) is 0 Å². The summed E-state index contributed by atoms with van der Waals surface area (Å²) in [4.78, 5) is 11.2. The van der Waals surface area contributed by atoms with Crippen LogP contribution in [0.2, 0.25) is 0 Å². The van der Waals surface area contributed by atoms with Gasteiger partial charge in [0.25, 0.3) is 0 Å². The molecule has 0 aliphatic rings. The number of nitriles is 1. The van der Waals surface area contributed by atoms with Crippen LogP contribution in [-0.2, 0) is 16.0 Å². The number of hydrogen-bond acceptors (Lipinski definition) is 4. The summed E-state index contributed by atoms with van der Waals surface area (Å²) >= 11 is 2.70. The minimum Gasteiger partial charge on any atom is -0.466 e. The molecule has 0 fully saturated rings. The second-order valence-electron chi connectivity index (χ2n) is 3.59. The number of benzene rings is 1. The molecule has 0 atom stereocenters. The van der Waals surface area contributed by atoms with E-state index in [1.807, 2.05) is 0 Å². The van der Waals surface area contributed by atoms with E-state index in [9.17, 15) is 18.0 Å². The standard InChI is InChI=1S/C12H9BrF3NO2S/c1-2-19-10(18)5-8-3-7(6-17)4-9(11(8)13)20-12(14,15)16/h3-4H,2,5H2,1H3. The van der Waals surface area contributed by atoms with Crippen LogP contribution in [0.25, 0.3) is 0 Å². The largest absolute Gasteiger partial charge is 0.466 e. The average Bonchev–Trinajstić information content (AvgIpc) is 2.32. The third-order valence-corrected chi connectivity index (χ3v) is 4.08. The molecular weight excluding hydrogens is 359 g/mol. The number of thioether (sulfide) groups is 1. The van der Waals surface area contributed by atoms with Gasteiger partial charge in [-0.2, -0.15) is 18.4 Å². The van der Waals surface area contributed by atoms with Gasteiger partial charge in [-0.3, -0.25) is 4.79 Å². The normalized spacial score (nSPS) is 11.0. The second-order valence-corrected chi connectivity index (χ2v) is 5.49. The van der Waals surface area contributed by atoms with Gasteiger partial charge in [-0.05, 0) is 52.3 Å². The zero-order valence-electron chi connectivity index (χ0n) is 10.3. The topological polar surface area (TPSA) is 50.1 Å². The van der Waals surface area contributed by atoms with Crippen LogP contribution in [0.15, 0.2) is 21.5 Å². The predicted molar refractivity (Wildman–Crippen MR) is 71.1 cm³/mol. The molecule has 8 heteroatoms. The number of esters is 1. The van der Waals surface area contributed by atoms with E-state index in [1.165, 1.54) is 6.07 Å². The van der Waals surface area contributed by atoms with Gasteiger partial charge in [0.1, 0.15) is 0 Å². The first-order valence-electron chi connectivity index (χ1n) is 5.40. The quantitative estimate of drug-likeness (QED) is 0.595. The Morgan fingerprint density at radius 3 is 2.65 bits per heavy atom. The lowest BCUT2D eigenvalue weighted by atomic mass is 10.1. The molecule has 0 spiro atoms. The van der Waals surface area contributed by atoms with Gasteiger partial charge >= 0.3 is 11.5 Å². The number of alkyl halides is 3. The minimum absolute atomic E-state index is 0.0549. The number of carbonyl (C=O) groups excluding carboxylic acids is 1. The van der Waals surface area contributed by atoms with Crippen molar-refractivity contribution in [1.29, 1.82) is 5.26 Å². The lowest BCUT2D eigenvalue weighted by Crippen LogP contribution is -2.09. The first-order chi connectivity index (χ1) is 9.26. The van der Waals surface area contributed by atoms with Crippen molar-refractivity contribution in [2.75, 3.05) is 6.61 Å². The number of halogens is 4. The van der Waals surface area contributed by atoms with E-state index in [1.54, 1.807) is 13.0 Å². The van der Waals surface area contributed by atoms with Gasteiger partial charge in [0, 0.05) is 9.37 Å². The molecule has 0 aliphatic carbocycles. The number of rotatable bonds is 4. The Kier molecular flexibility index (Phi) is 5.89. The Labute approximate surface area is 126 Å². The summed E-state index contributed by atoms with van der Waals surface area (Å²) in [5.41, 5.74) is -4.13. The van der Waals surface area contributed by atoms with Gasteiger partial charge in [-0.25, -0.2) is 0 Å². The molecule has 108 valence electrons. The highest BCUT2D eigenvalue weighted by Crippen LogP contribution is 2.42. The number of hydrogen-bond donors (Lipinski definition) is 0. The Bertz CT molecular complexity index is 555. The SMILES string of the molecule is CCOC(=O)Cc1cc(C#N)cc(SC(F)(F)F)c1Br. The van der Waals surface area contributed by atoms with Crippen LogP contribution in [-0.4, -0.2) is 18.1 Å². The first-order valence-corrected chi connectivity index (χ1v) is 7.01. The fourth-order valence-electron chi connectivity index (χ4n) is 1.42. The van der Waals surface area contributed by atoms with Gasteiger partial charge in [0.05, 0.1) is 24.7 Å². The molecule has 0 saturated carbocycles. The third kappa shape index (κ3) is 5.06.